The molecule has 1 heterocycles. The van der Waals surface area contributed by atoms with Crippen LogP contribution in [0, 0.1) is 11.3 Å². The maximum Gasteiger partial charge on any atom is 0.217 e. The zero-order valence-electron chi connectivity index (χ0n) is 12.1. The Hall–Kier alpha value is -2.84. The van der Waals surface area contributed by atoms with Gasteiger partial charge >= 0.3 is 0 Å². The van der Waals surface area contributed by atoms with Crippen molar-refractivity contribution < 1.29 is 4.79 Å². The topological polar surface area (TPSA) is 95.6 Å². The van der Waals surface area contributed by atoms with Gasteiger partial charge in [-0.25, -0.2) is 4.98 Å². The van der Waals surface area contributed by atoms with Crippen molar-refractivity contribution in [2.45, 2.75) is 12.8 Å². The quantitative estimate of drug-likeness (QED) is 0.771. The summed E-state index contributed by atoms with van der Waals surface area (Å²) >= 11 is 6.26. The number of rotatable bonds is 4. The van der Waals surface area contributed by atoms with E-state index >= 15 is 0 Å². The SMILES string of the molecule is N#Cc1ccc(-c2ccc3nc(CCC(N)=O)[nH]c3c2)c(Cl)c1. The highest BCUT2D eigenvalue weighted by Crippen LogP contribution is 2.30. The first-order chi connectivity index (χ1) is 11.1. The average molecular weight is 325 g/mol. The molecule has 3 aromatic rings. The van der Waals surface area contributed by atoms with Crippen LogP contribution in [0.5, 0.6) is 0 Å². The zero-order valence-corrected chi connectivity index (χ0v) is 12.9. The number of carbonyl (C=O) groups excluding carboxylic acids is 1. The summed E-state index contributed by atoms with van der Waals surface area (Å²) < 4.78 is 0. The van der Waals surface area contributed by atoms with Gasteiger partial charge in [-0.2, -0.15) is 5.26 Å². The number of aryl methyl sites for hydroxylation is 1. The molecule has 0 spiro atoms. The van der Waals surface area contributed by atoms with Gasteiger partial charge in [0.2, 0.25) is 5.91 Å². The van der Waals surface area contributed by atoms with E-state index in [0.29, 0.717) is 17.0 Å². The molecule has 0 atom stereocenters. The first-order valence-corrected chi connectivity index (χ1v) is 7.41. The monoisotopic (exact) mass is 324 g/mol. The summed E-state index contributed by atoms with van der Waals surface area (Å²) in [5.74, 6) is 0.373. The molecule has 0 bridgehead atoms. The molecule has 0 radical (unpaired) electrons. The van der Waals surface area contributed by atoms with Gasteiger partial charge in [0.25, 0.3) is 0 Å². The van der Waals surface area contributed by atoms with E-state index in [9.17, 15) is 4.79 Å². The number of aromatic amines is 1. The molecular formula is C17H13ClN4O. The lowest BCUT2D eigenvalue weighted by Crippen LogP contribution is -2.11. The van der Waals surface area contributed by atoms with Crippen LogP contribution in [-0.4, -0.2) is 15.9 Å². The molecule has 1 amide bonds. The van der Waals surface area contributed by atoms with Gasteiger partial charge in [-0.3, -0.25) is 4.79 Å². The summed E-state index contributed by atoms with van der Waals surface area (Å²) in [4.78, 5) is 18.5. The standard InChI is InChI=1S/C17H13ClN4O/c18-13-7-10(9-19)1-3-12(13)11-2-4-14-15(8-11)22-17(21-14)6-5-16(20)23/h1-4,7-8H,5-6H2,(H2,20,23)(H,21,22). The Morgan fingerprint density at radius 3 is 2.83 bits per heavy atom. The number of hydrogen-bond donors (Lipinski definition) is 2. The van der Waals surface area contributed by atoms with Gasteiger partial charge in [0.15, 0.2) is 0 Å². The Morgan fingerprint density at radius 2 is 2.13 bits per heavy atom. The summed E-state index contributed by atoms with van der Waals surface area (Å²) in [7, 11) is 0. The summed E-state index contributed by atoms with van der Waals surface area (Å²) in [6, 6.07) is 13.0. The molecule has 23 heavy (non-hydrogen) atoms. The van der Waals surface area contributed by atoms with Gasteiger partial charge in [0.05, 0.1) is 22.7 Å². The van der Waals surface area contributed by atoms with Crippen molar-refractivity contribution in [1.29, 1.82) is 5.26 Å². The minimum Gasteiger partial charge on any atom is -0.370 e. The largest absolute Gasteiger partial charge is 0.370 e. The lowest BCUT2D eigenvalue weighted by Gasteiger charge is -2.04. The molecule has 0 aliphatic heterocycles. The van der Waals surface area contributed by atoms with Crippen molar-refractivity contribution in [3.8, 4) is 17.2 Å². The van der Waals surface area contributed by atoms with Gasteiger partial charge in [-0.05, 0) is 29.8 Å². The lowest BCUT2D eigenvalue weighted by molar-refractivity contribution is -0.118. The van der Waals surface area contributed by atoms with Crippen molar-refractivity contribution >= 4 is 28.5 Å². The number of benzene rings is 2. The van der Waals surface area contributed by atoms with E-state index in [0.717, 1.165) is 28.0 Å². The number of carbonyl (C=O) groups is 1. The highest BCUT2D eigenvalue weighted by Gasteiger charge is 2.09. The molecular weight excluding hydrogens is 312 g/mol. The van der Waals surface area contributed by atoms with Crippen molar-refractivity contribution in [3.05, 3.63) is 52.8 Å². The molecule has 1 aromatic heterocycles. The molecule has 0 saturated carbocycles. The van der Waals surface area contributed by atoms with E-state index in [1.807, 2.05) is 24.3 Å². The third-order valence-corrected chi connectivity index (χ3v) is 3.86. The molecule has 5 nitrogen and oxygen atoms in total. The van der Waals surface area contributed by atoms with Crippen LogP contribution < -0.4 is 5.73 Å². The molecule has 0 aliphatic rings. The Bertz CT molecular complexity index is 939. The van der Waals surface area contributed by atoms with E-state index in [2.05, 4.69) is 16.0 Å². The van der Waals surface area contributed by atoms with Crippen LogP contribution in [0.2, 0.25) is 5.02 Å². The Labute approximate surface area is 137 Å². The second-order valence-corrected chi connectivity index (χ2v) is 5.60. The van der Waals surface area contributed by atoms with Crippen molar-refractivity contribution in [2.24, 2.45) is 5.73 Å². The molecule has 0 aliphatic carbocycles. The first kappa shape index (κ1) is 15.1. The van der Waals surface area contributed by atoms with Crippen molar-refractivity contribution in [1.82, 2.24) is 9.97 Å². The number of nitrogens with zero attached hydrogens (tertiary/aromatic N) is 2. The molecule has 3 N–H and O–H groups in total. The molecule has 0 unspecified atom stereocenters. The number of fused-ring (bicyclic) bond motifs is 1. The normalized spacial score (nSPS) is 10.6. The lowest BCUT2D eigenvalue weighted by atomic mass is 10.0. The number of halogens is 1. The first-order valence-electron chi connectivity index (χ1n) is 7.04. The number of amides is 1. The third-order valence-electron chi connectivity index (χ3n) is 3.55. The summed E-state index contributed by atoms with van der Waals surface area (Å²) in [6.07, 6.45) is 0.741. The number of nitriles is 1. The number of aromatic nitrogens is 2. The Kier molecular flexibility index (Phi) is 4.00. The predicted octanol–water partition coefficient (Wildman–Crippen LogP) is 3.17. The van der Waals surface area contributed by atoms with E-state index in [1.165, 1.54) is 0 Å². The fraction of sp³-hybridized carbons (Fsp3) is 0.118. The minimum absolute atomic E-state index is 0.258. The van der Waals surface area contributed by atoms with Crippen LogP contribution >= 0.6 is 11.6 Å². The molecule has 3 rings (SSSR count). The van der Waals surface area contributed by atoms with Crippen LogP contribution in [0.1, 0.15) is 17.8 Å². The molecule has 2 aromatic carbocycles. The second kappa shape index (κ2) is 6.11. The second-order valence-electron chi connectivity index (χ2n) is 5.19. The van der Waals surface area contributed by atoms with Crippen LogP contribution in [0.3, 0.4) is 0 Å². The van der Waals surface area contributed by atoms with E-state index in [-0.39, 0.29) is 12.3 Å². The number of primary amides is 1. The van der Waals surface area contributed by atoms with Crippen LogP contribution in [0.4, 0.5) is 0 Å². The summed E-state index contributed by atoms with van der Waals surface area (Å²) in [5.41, 5.74) is 9.14. The maximum absolute atomic E-state index is 10.9. The number of H-pyrrole nitrogens is 1. The van der Waals surface area contributed by atoms with Gasteiger partial charge in [0.1, 0.15) is 5.82 Å². The fourth-order valence-corrected chi connectivity index (χ4v) is 2.70. The van der Waals surface area contributed by atoms with Crippen molar-refractivity contribution in [3.63, 3.8) is 0 Å². The molecule has 6 heteroatoms. The highest BCUT2D eigenvalue weighted by atomic mass is 35.5. The Balaban J connectivity index is 1.97. The molecule has 0 saturated heterocycles. The van der Waals surface area contributed by atoms with E-state index in [4.69, 9.17) is 22.6 Å². The van der Waals surface area contributed by atoms with Crippen LogP contribution in [-0.2, 0) is 11.2 Å². The number of nitrogens with two attached hydrogens (primary N) is 1. The average Bonchev–Trinajstić information content (AvgIpc) is 2.94. The van der Waals surface area contributed by atoms with E-state index < -0.39 is 0 Å². The zero-order chi connectivity index (χ0) is 16.4. The summed E-state index contributed by atoms with van der Waals surface area (Å²) in [6.45, 7) is 0. The summed E-state index contributed by atoms with van der Waals surface area (Å²) in [5, 5.41) is 9.43. The molecule has 114 valence electrons. The third kappa shape index (κ3) is 3.17. The van der Waals surface area contributed by atoms with Gasteiger partial charge in [0, 0.05) is 23.4 Å². The predicted molar refractivity (Wildman–Crippen MR) is 88.8 cm³/mol. The van der Waals surface area contributed by atoms with Crippen LogP contribution in [0.15, 0.2) is 36.4 Å². The number of nitrogens with one attached hydrogen (secondary N) is 1. The maximum atomic E-state index is 10.9. The van der Waals surface area contributed by atoms with Gasteiger partial charge in [-0.1, -0.05) is 23.7 Å². The van der Waals surface area contributed by atoms with Gasteiger partial charge in [-0.15, -0.1) is 0 Å². The minimum atomic E-state index is -0.351. The highest BCUT2D eigenvalue weighted by molar-refractivity contribution is 6.33. The Morgan fingerprint density at radius 1 is 1.30 bits per heavy atom. The van der Waals surface area contributed by atoms with Crippen molar-refractivity contribution in [2.75, 3.05) is 0 Å². The fourth-order valence-electron chi connectivity index (χ4n) is 2.41. The van der Waals surface area contributed by atoms with Crippen LogP contribution in [0.25, 0.3) is 22.2 Å². The van der Waals surface area contributed by atoms with Gasteiger partial charge < -0.3 is 10.7 Å². The smallest absolute Gasteiger partial charge is 0.217 e. The van der Waals surface area contributed by atoms with E-state index in [1.54, 1.807) is 12.1 Å². The molecule has 0 fully saturated rings. The number of hydrogen-bond acceptors (Lipinski definition) is 3. The number of imidazole rings is 1.